The Kier molecular flexibility index (Phi) is 3.16. The van der Waals surface area contributed by atoms with E-state index in [0.717, 1.165) is 4.09 Å². The Bertz CT molecular complexity index is 889. The smallest absolute Gasteiger partial charge is 0.199 e. The first-order chi connectivity index (χ1) is 9.48. The summed E-state index contributed by atoms with van der Waals surface area (Å²) in [6.45, 7) is 0. The van der Waals surface area contributed by atoms with E-state index in [1.165, 1.54) is 24.3 Å². The molecule has 8 heteroatoms. The van der Waals surface area contributed by atoms with E-state index in [-0.39, 0.29) is 4.90 Å². The van der Waals surface area contributed by atoms with Crippen LogP contribution in [-0.2, 0) is 10.0 Å². The van der Waals surface area contributed by atoms with E-state index >= 15 is 0 Å². The van der Waals surface area contributed by atoms with Crippen molar-refractivity contribution in [1.29, 1.82) is 0 Å². The van der Waals surface area contributed by atoms with Gasteiger partial charge in [0.2, 0.25) is 0 Å². The van der Waals surface area contributed by atoms with Crippen molar-refractivity contribution in [1.82, 2.24) is 14.4 Å². The standard InChI is InChI=1S/C12H7Cl2N3O2S/c13-8-1-4-10(5-2-8)20(18,19)17-12-6-3-9(14)7-11(12)15-16-17/h1-7H. The Morgan fingerprint density at radius 2 is 1.60 bits per heavy atom. The summed E-state index contributed by atoms with van der Waals surface area (Å²) in [5, 5.41) is 8.43. The van der Waals surface area contributed by atoms with Gasteiger partial charge in [-0.15, -0.1) is 9.19 Å². The molecule has 1 heterocycles. The largest absolute Gasteiger partial charge is 0.284 e. The topological polar surface area (TPSA) is 64.8 Å². The molecule has 0 atom stereocenters. The third-order valence-corrected chi connectivity index (χ3v) is 4.80. The van der Waals surface area contributed by atoms with Crippen LogP contribution in [0.1, 0.15) is 0 Å². The van der Waals surface area contributed by atoms with Crippen molar-refractivity contribution in [3.63, 3.8) is 0 Å². The lowest BCUT2D eigenvalue weighted by atomic mass is 10.3. The van der Waals surface area contributed by atoms with Crippen LogP contribution in [0.25, 0.3) is 11.0 Å². The summed E-state index contributed by atoms with van der Waals surface area (Å²) in [6.07, 6.45) is 0. The van der Waals surface area contributed by atoms with Gasteiger partial charge in [0.1, 0.15) is 11.0 Å². The van der Waals surface area contributed by atoms with Gasteiger partial charge in [0.25, 0.3) is 10.0 Å². The van der Waals surface area contributed by atoms with Crippen molar-refractivity contribution in [3.8, 4) is 0 Å². The van der Waals surface area contributed by atoms with E-state index in [2.05, 4.69) is 10.3 Å². The molecule has 3 rings (SSSR count). The molecular weight excluding hydrogens is 321 g/mol. The quantitative estimate of drug-likeness (QED) is 0.725. The lowest BCUT2D eigenvalue weighted by molar-refractivity contribution is 0.579. The molecule has 0 saturated carbocycles. The Hall–Kier alpha value is -1.63. The van der Waals surface area contributed by atoms with Crippen LogP contribution in [0, 0.1) is 0 Å². The molecule has 1 aromatic heterocycles. The monoisotopic (exact) mass is 327 g/mol. The van der Waals surface area contributed by atoms with Gasteiger partial charge in [0.15, 0.2) is 0 Å². The molecule has 0 aliphatic rings. The maximum Gasteiger partial charge on any atom is 0.284 e. The van der Waals surface area contributed by atoms with E-state index in [9.17, 15) is 8.42 Å². The molecule has 2 aromatic carbocycles. The average Bonchev–Trinajstić information content (AvgIpc) is 2.82. The van der Waals surface area contributed by atoms with Crippen molar-refractivity contribution in [2.75, 3.05) is 0 Å². The molecule has 3 aromatic rings. The van der Waals surface area contributed by atoms with Crippen LogP contribution in [0.4, 0.5) is 0 Å². The van der Waals surface area contributed by atoms with E-state index < -0.39 is 10.0 Å². The van der Waals surface area contributed by atoms with Crippen LogP contribution in [0.5, 0.6) is 0 Å². The van der Waals surface area contributed by atoms with Crippen molar-refractivity contribution in [2.45, 2.75) is 4.90 Å². The average molecular weight is 328 g/mol. The molecule has 5 nitrogen and oxygen atoms in total. The lowest BCUT2D eigenvalue weighted by Crippen LogP contribution is -2.14. The summed E-state index contributed by atoms with van der Waals surface area (Å²) >= 11 is 11.6. The summed E-state index contributed by atoms with van der Waals surface area (Å²) in [7, 11) is -3.81. The number of fused-ring (bicyclic) bond motifs is 1. The Morgan fingerprint density at radius 3 is 2.30 bits per heavy atom. The van der Waals surface area contributed by atoms with Gasteiger partial charge in [-0.25, -0.2) is 0 Å². The van der Waals surface area contributed by atoms with Gasteiger partial charge in [-0.2, -0.15) is 8.42 Å². The molecule has 0 bridgehead atoms. The number of nitrogens with zero attached hydrogens (tertiary/aromatic N) is 3. The highest BCUT2D eigenvalue weighted by molar-refractivity contribution is 7.90. The fourth-order valence-corrected chi connectivity index (χ4v) is 3.28. The second-order valence-electron chi connectivity index (χ2n) is 4.02. The summed E-state index contributed by atoms with van der Waals surface area (Å²) in [4.78, 5) is 0.0867. The molecule has 0 N–H and O–H groups in total. The van der Waals surface area contributed by atoms with Gasteiger partial charge in [-0.05, 0) is 42.5 Å². The summed E-state index contributed by atoms with van der Waals surface area (Å²) < 4.78 is 25.9. The van der Waals surface area contributed by atoms with Gasteiger partial charge >= 0.3 is 0 Å². The molecule has 0 radical (unpaired) electrons. The van der Waals surface area contributed by atoms with Crippen molar-refractivity contribution in [3.05, 3.63) is 52.5 Å². The minimum absolute atomic E-state index is 0.0867. The first-order valence-corrected chi connectivity index (χ1v) is 7.70. The van der Waals surface area contributed by atoms with Crippen molar-refractivity contribution < 1.29 is 8.42 Å². The number of halogens is 2. The van der Waals surface area contributed by atoms with Crippen molar-refractivity contribution in [2.24, 2.45) is 0 Å². The Labute approximate surface area is 124 Å². The first kappa shape index (κ1) is 13.4. The maximum absolute atomic E-state index is 12.5. The van der Waals surface area contributed by atoms with Crippen molar-refractivity contribution >= 4 is 44.3 Å². The molecular formula is C12H7Cl2N3O2S. The van der Waals surface area contributed by atoms with E-state index in [1.807, 2.05) is 0 Å². The predicted molar refractivity (Wildman–Crippen MR) is 76.6 cm³/mol. The Morgan fingerprint density at radius 1 is 0.950 bits per heavy atom. The molecule has 0 fully saturated rings. The number of hydrogen-bond acceptors (Lipinski definition) is 4. The molecule has 0 aliphatic carbocycles. The summed E-state index contributed by atoms with van der Waals surface area (Å²) in [5.41, 5.74) is 0.777. The van der Waals surface area contributed by atoms with Crippen LogP contribution < -0.4 is 0 Å². The van der Waals surface area contributed by atoms with Gasteiger partial charge in [0, 0.05) is 10.0 Å². The highest BCUT2D eigenvalue weighted by atomic mass is 35.5. The zero-order valence-electron chi connectivity index (χ0n) is 9.86. The van der Waals surface area contributed by atoms with Gasteiger partial charge in [-0.3, -0.25) is 0 Å². The van der Waals surface area contributed by atoms with Gasteiger partial charge < -0.3 is 0 Å². The molecule has 20 heavy (non-hydrogen) atoms. The molecule has 0 saturated heterocycles. The molecule has 0 aliphatic heterocycles. The molecule has 0 spiro atoms. The number of benzene rings is 2. The number of rotatable bonds is 2. The van der Waals surface area contributed by atoms with Crippen LogP contribution in [0.15, 0.2) is 47.4 Å². The SMILES string of the molecule is O=S(=O)(c1ccc(Cl)cc1)n1nnc2cc(Cl)ccc21. The summed E-state index contributed by atoms with van der Waals surface area (Å²) in [5.74, 6) is 0. The molecule has 0 unspecified atom stereocenters. The fourth-order valence-electron chi connectivity index (χ4n) is 1.76. The molecule has 102 valence electrons. The van der Waals surface area contributed by atoms with E-state index in [0.29, 0.717) is 21.1 Å². The van der Waals surface area contributed by atoms with Crippen LogP contribution in [0.3, 0.4) is 0 Å². The lowest BCUT2D eigenvalue weighted by Gasteiger charge is -2.04. The number of aromatic nitrogens is 3. The summed E-state index contributed by atoms with van der Waals surface area (Å²) in [6, 6.07) is 10.5. The Balaban J connectivity index is 2.21. The number of hydrogen-bond donors (Lipinski definition) is 0. The highest BCUT2D eigenvalue weighted by Gasteiger charge is 2.21. The minimum Gasteiger partial charge on any atom is -0.199 e. The predicted octanol–water partition coefficient (Wildman–Crippen LogP) is 2.98. The van der Waals surface area contributed by atoms with Crippen LogP contribution in [0.2, 0.25) is 10.0 Å². The normalized spacial score (nSPS) is 11.9. The first-order valence-electron chi connectivity index (χ1n) is 5.50. The van der Waals surface area contributed by atoms with E-state index in [4.69, 9.17) is 23.2 Å². The highest BCUT2D eigenvalue weighted by Crippen LogP contribution is 2.22. The minimum atomic E-state index is -3.81. The van der Waals surface area contributed by atoms with Crippen LogP contribution in [-0.4, -0.2) is 22.8 Å². The zero-order chi connectivity index (χ0) is 14.3. The molecule has 0 amide bonds. The second-order valence-corrected chi connectivity index (χ2v) is 6.66. The van der Waals surface area contributed by atoms with E-state index in [1.54, 1.807) is 18.2 Å². The third-order valence-electron chi connectivity index (χ3n) is 2.72. The van der Waals surface area contributed by atoms with Gasteiger partial charge in [0.05, 0.1) is 4.90 Å². The second kappa shape index (κ2) is 4.73. The zero-order valence-corrected chi connectivity index (χ0v) is 12.2. The fraction of sp³-hybridized carbons (Fsp3) is 0. The maximum atomic E-state index is 12.5. The third kappa shape index (κ3) is 2.15. The van der Waals surface area contributed by atoms with Crippen LogP contribution >= 0.6 is 23.2 Å². The van der Waals surface area contributed by atoms with Gasteiger partial charge in [-0.1, -0.05) is 28.4 Å².